The zero-order chi connectivity index (χ0) is 32.1. The molecule has 0 unspecified atom stereocenters. The van der Waals surface area contributed by atoms with Gasteiger partial charge in [0.25, 0.3) is 11.8 Å². The average molecular weight is 655 g/mol. The summed E-state index contributed by atoms with van der Waals surface area (Å²) in [5, 5.41) is 6.35. The second-order valence-electron chi connectivity index (χ2n) is 12.1. The van der Waals surface area contributed by atoms with Crippen molar-refractivity contribution in [1.29, 1.82) is 0 Å². The molecule has 2 aromatic carbocycles. The average Bonchev–Trinajstić information content (AvgIpc) is 3.54. The van der Waals surface area contributed by atoms with E-state index in [1.807, 2.05) is 32.9 Å². The highest BCUT2D eigenvalue weighted by Crippen LogP contribution is 2.32. The van der Waals surface area contributed by atoms with Gasteiger partial charge in [-0.2, -0.15) is 0 Å². The van der Waals surface area contributed by atoms with E-state index in [2.05, 4.69) is 20.5 Å². The predicted octanol–water partition coefficient (Wildman–Crippen LogP) is 7.27. The molecular weight excluding hydrogens is 617 g/mol. The van der Waals surface area contributed by atoms with Crippen LogP contribution in [-0.4, -0.2) is 65.7 Å². The number of hydrogen-bond donors (Lipinski definition) is 2. The fraction of sp³-hybridized carbons (Fsp3) is 0.394. The molecule has 238 valence electrons. The van der Waals surface area contributed by atoms with E-state index in [0.717, 1.165) is 31.6 Å². The number of nitrogens with one attached hydrogen (secondary N) is 2. The standard InChI is InChI=1S/C33H37Cl2N5O5/c1-33(2,3)45-32(43)40-16-12-24(13-17-40)44-28-19-23(39-14-4-5-15-39)8-9-25(28)30(41)37-27-10-6-21(34)18-26(27)31(42)38-29-11-7-22(35)20-36-29/h6-11,18-20,24H,4-5,12-17H2,1-3H3,(H,37,41)(H,36,38,42). The van der Waals surface area contributed by atoms with Gasteiger partial charge < -0.3 is 29.9 Å². The number of benzene rings is 2. The molecule has 3 heterocycles. The highest BCUT2D eigenvalue weighted by Gasteiger charge is 2.29. The van der Waals surface area contributed by atoms with E-state index in [1.54, 1.807) is 35.2 Å². The van der Waals surface area contributed by atoms with Crippen LogP contribution < -0.4 is 20.3 Å². The second kappa shape index (κ2) is 14.0. The number of hydrogen-bond acceptors (Lipinski definition) is 7. The van der Waals surface area contributed by atoms with Gasteiger partial charge in [-0.05, 0) is 76.1 Å². The third-order valence-electron chi connectivity index (χ3n) is 7.51. The Hall–Kier alpha value is -4.02. The topological polar surface area (TPSA) is 113 Å². The van der Waals surface area contributed by atoms with Crippen molar-refractivity contribution in [3.63, 3.8) is 0 Å². The largest absolute Gasteiger partial charge is 0.489 e. The van der Waals surface area contributed by atoms with E-state index >= 15 is 0 Å². The van der Waals surface area contributed by atoms with Gasteiger partial charge in [0.2, 0.25) is 0 Å². The Balaban J connectivity index is 1.34. The molecule has 1 aromatic heterocycles. The Bertz CT molecular complexity index is 1550. The zero-order valence-corrected chi connectivity index (χ0v) is 27.1. The Morgan fingerprint density at radius 1 is 0.844 bits per heavy atom. The minimum Gasteiger partial charge on any atom is -0.489 e. The molecule has 3 aromatic rings. The highest BCUT2D eigenvalue weighted by atomic mass is 35.5. The highest BCUT2D eigenvalue weighted by molar-refractivity contribution is 6.31. The van der Waals surface area contributed by atoms with Crippen LogP contribution in [0, 0.1) is 0 Å². The van der Waals surface area contributed by atoms with Crippen LogP contribution in [0.25, 0.3) is 0 Å². The quantitative estimate of drug-likeness (QED) is 0.276. The molecule has 2 aliphatic heterocycles. The van der Waals surface area contributed by atoms with E-state index < -0.39 is 17.4 Å². The molecule has 2 aliphatic rings. The van der Waals surface area contributed by atoms with Crippen LogP contribution >= 0.6 is 23.2 Å². The Morgan fingerprint density at radius 3 is 2.20 bits per heavy atom. The van der Waals surface area contributed by atoms with Crippen LogP contribution in [-0.2, 0) is 4.74 Å². The van der Waals surface area contributed by atoms with E-state index in [-0.39, 0.29) is 23.4 Å². The van der Waals surface area contributed by atoms with Crippen molar-refractivity contribution in [2.45, 2.75) is 58.2 Å². The zero-order valence-electron chi connectivity index (χ0n) is 25.6. The van der Waals surface area contributed by atoms with E-state index in [4.69, 9.17) is 32.7 Å². The Labute approximate surface area is 273 Å². The number of carbonyl (C=O) groups is 3. The molecule has 2 N–H and O–H groups in total. The molecule has 45 heavy (non-hydrogen) atoms. The maximum absolute atomic E-state index is 13.8. The molecule has 5 rings (SSSR count). The number of rotatable bonds is 7. The third kappa shape index (κ3) is 8.58. The van der Waals surface area contributed by atoms with Crippen molar-refractivity contribution in [3.05, 3.63) is 75.9 Å². The lowest BCUT2D eigenvalue weighted by molar-refractivity contribution is 0.0126. The van der Waals surface area contributed by atoms with Crippen molar-refractivity contribution >= 4 is 58.3 Å². The number of amides is 3. The molecule has 0 atom stereocenters. The fourth-order valence-electron chi connectivity index (χ4n) is 5.27. The molecule has 0 saturated carbocycles. The molecule has 2 fully saturated rings. The van der Waals surface area contributed by atoms with Gasteiger partial charge in [-0.25, -0.2) is 9.78 Å². The van der Waals surface area contributed by atoms with Crippen LogP contribution in [0.2, 0.25) is 10.0 Å². The maximum atomic E-state index is 13.8. The summed E-state index contributed by atoms with van der Waals surface area (Å²) in [5.41, 5.74) is 1.18. The van der Waals surface area contributed by atoms with E-state index in [9.17, 15) is 14.4 Å². The van der Waals surface area contributed by atoms with Crippen LogP contribution in [0.15, 0.2) is 54.7 Å². The summed E-state index contributed by atoms with van der Waals surface area (Å²) < 4.78 is 12.0. The first-order chi connectivity index (χ1) is 21.4. The van der Waals surface area contributed by atoms with Crippen LogP contribution in [0.4, 0.5) is 22.0 Å². The monoisotopic (exact) mass is 653 g/mol. The number of nitrogens with zero attached hydrogens (tertiary/aromatic N) is 3. The van der Waals surface area contributed by atoms with Gasteiger partial charge in [0.05, 0.1) is 21.8 Å². The van der Waals surface area contributed by atoms with Crippen molar-refractivity contribution in [2.24, 2.45) is 0 Å². The number of halogens is 2. The number of carbonyl (C=O) groups excluding carboxylic acids is 3. The van der Waals surface area contributed by atoms with Crippen LogP contribution in [0.3, 0.4) is 0 Å². The van der Waals surface area contributed by atoms with Gasteiger partial charge >= 0.3 is 6.09 Å². The molecule has 10 nitrogen and oxygen atoms in total. The van der Waals surface area contributed by atoms with E-state index in [1.165, 1.54) is 12.3 Å². The smallest absolute Gasteiger partial charge is 0.410 e. The van der Waals surface area contributed by atoms with Gasteiger partial charge in [0, 0.05) is 62.0 Å². The molecular formula is C33H37Cl2N5O5. The van der Waals surface area contributed by atoms with Crippen molar-refractivity contribution in [2.75, 3.05) is 41.7 Å². The van der Waals surface area contributed by atoms with Crippen LogP contribution in [0.1, 0.15) is 67.2 Å². The molecule has 0 aliphatic carbocycles. The summed E-state index contributed by atoms with van der Waals surface area (Å²) in [6, 6.07) is 13.4. The minimum absolute atomic E-state index is 0.165. The Kier molecular flexibility index (Phi) is 10.0. The molecule has 2 saturated heterocycles. The summed E-state index contributed by atoms with van der Waals surface area (Å²) in [6.07, 6.45) is 4.28. The first kappa shape index (κ1) is 32.4. The number of likely N-dealkylation sites (tertiary alicyclic amines) is 1. The van der Waals surface area contributed by atoms with Crippen molar-refractivity contribution in [1.82, 2.24) is 9.88 Å². The summed E-state index contributed by atoms with van der Waals surface area (Å²) in [4.78, 5) is 47.6. The summed E-state index contributed by atoms with van der Waals surface area (Å²) >= 11 is 12.1. The molecule has 0 radical (unpaired) electrons. The van der Waals surface area contributed by atoms with Gasteiger partial charge in [0.15, 0.2) is 0 Å². The molecule has 3 amide bonds. The second-order valence-corrected chi connectivity index (χ2v) is 13.0. The van der Waals surface area contributed by atoms with E-state index in [0.29, 0.717) is 53.1 Å². The van der Waals surface area contributed by atoms with Crippen molar-refractivity contribution in [3.8, 4) is 5.75 Å². The van der Waals surface area contributed by atoms with Gasteiger partial charge in [-0.15, -0.1) is 0 Å². The number of anilines is 3. The lowest BCUT2D eigenvalue weighted by atomic mass is 10.1. The van der Waals surface area contributed by atoms with Gasteiger partial charge in [0.1, 0.15) is 23.3 Å². The Morgan fingerprint density at radius 2 is 1.53 bits per heavy atom. The first-order valence-corrected chi connectivity index (χ1v) is 15.8. The predicted molar refractivity (Wildman–Crippen MR) is 176 cm³/mol. The third-order valence-corrected chi connectivity index (χ3v) is 7.97. The van der Waals surface area contributed by atoms with Crippen molar-refractivity contribution < 1.29 is 23.9 Å². The fourth-order valence-corrected chi connectivity index (χ4v) is 5.55. The summed E-state index contributed by atoms with van der Waals surface area (Å²) in [7, 11) is 0. The molecule has 12 heteroatoms. The lowest BCUT2D eigenvalue weighted by Gasteiger charge is -2.34. The molecule has 0 spiro atoms. The SMILES string of the molecule is CC(C)(C)OC(=O)N1CCC(Oc2cc(N3CCCC3)ccc2C(=O)Nc2ccc(Cl)cc2C(=O)Nc2ccc(Cl)cn2)CC1. The van der Waals surface area contributed by atoms with Crippen LogP contribution in [0.5, 0.6) is 5.75 Å². The normalized spacial score (nSPS) is 15.5. The van der Waals surface area contributed by atoms with Gasteiger partial charge in [-0.3, -0.25) is 9.59 Å². The first-order valence-electron chi connectivity index (χ1n) is 15.0. The lowest BCUT2D eigenvalue weighted by Crippen LogP contribution is -2.44. The number of aromatic nitrogens is 1. The summed E-state index contributed by atoms with van der Waals surface area (Å²) in [5.74, 6) is -0.198. The summed E-state index contributed by atoms with van der Waals surface area (Å²) in [6.45, 7) is 8.37. The minimum atomic E-state index is -0.569. The molecule has 0 bridgehead atoms. The number of pyridine rings is 1. The van der Waals surface area contributed by atoms with Gasteiger partial charge in [-0.1, -0.05) is 23.2 Å². The number of ether oxygens (including phenoxy) is 2. The number of piperidine rings is 1. The maximum Gasteiger partial charge on any atom is 0.410 e.